The van der Waals surface area contributed by atoms with Gasteiger partial charge >= 0.3 is 0 Å². The van der Waals surface area contributed by atoms with Gasteiger partial charge in [0.25, 0.3) is 5.56 Å². The third-order valence-electron chi connectivity index (χ3n) is 6.46. The first kappa shape index (κ1) is 21.8. The van der Waals surface area contributed by atoms with E-state index < -0.39 is 23.1 Å². The number of benzene rings is 2. The quantitative estimate of drug-likeness (QED) is 0.448. The molecular formula is C24H25F2N5O. The van der Waals surface area contributed by atoms with E-state index in [2.05, 4.69) is 15.1 Å². The van der Waals surface area contributed by atoms with Crippen LogP contribution >= 0.6 is 0 Å². The minimum atomic E-state index is -0.949. The molecule has 2 heterocycles. The number of aromatic nitrogens is 5. The Hall–Kier alpha value is -3.42. The number of halogens is 2. The highest BCUT2D eigenvalue weighted by Gasteiger charge is 2.45. The zero-order chi connectivity index (χ0) is 23.0. The first-order chi connectivity index (χ1) is 15.2. The van der Waals surface area contributed by atoms with E-state index in [1.54, 1.807) is 17.1 Å². The van der Waals surface area contributed by atoms with Crippen LogP contribution in [0.3, 0.4) is 0 Å². The molecule has 0 aliphatic rings. The van der Waals surface area contributed by atoms with E-state index in [-0.39, 0.29) is 18.0 Å². The summed E-state index contributed by atoms with van der Waals surface area (Å²) < 4.78 is 32.1. The van der Waals surface area contributed by atoms with E-state index >= 15 is 4.39 Å². The first-order valence-electron chi connectivity index (χ1n) is 10.5. The molecule has 0 amide bonds. The maximum atomic E-state index is 15.2. The Morgan fingerprint density at radius 1 is 1.06 bits per heavy atom. The van der Waals surface area contributed by atoms with Crippen LogP contribution in [0.25, 0.3) is 10.9 Å². The molecule has 0 N–H and O–H groups in total. The Morgan fingerprint density at radius 2 is 1.84 bits per heavy atom. The maximum Gasteiger partial charge on any atom is 0.261 e. The van der Waals surface area contributed by atoms with Gasteiger partial charge in [-0.1, -0.05) is 26.0 Å². The molecule has 4 aromatic rings. The molecule has 0 radical (unpaired) electrons. The second-order valence-electron chi connectivity index (χ2n) is 8.57. The number of hydrogen-bond donors (Lipinski definition) is 0. The largest absolute Gasteiger partial charge is 0.295 e. The Labute approximate surface area is 184 Å². The molecule has 166 valence electrons. The van der Waals surface area contributed by atoms with E-state index in [1.807, 2.05) is 39.8 Å². The molecule has 8 heteroatoms. The Balaban J connectivity index is 1.97. The fourth-order valence-electron chi connectivity index (χ4n) is 4.64. The van der Waals surface area contributed by atoms with Crippen LogP contribution in [0, 0.1) is 24.5 Å². The maximum absolute atomic E-state index is 15.2. The summed E-state index contributed by atoms with van der Waals surface area (Å²) in [4.78, 5) is 22.0. The number of hydrogen-bond acceptors (Lipinski definition) is 4. The van der Waals surface area contributed by atoms with Crippen LogP contribution in [-0.4, -0.2) is 24.3 Å². The van der Waals surface area contributed by atoms with Crippen molar-refractivity contribution in [2.24, 2.45) is 5.92 Å². The normalized spacial score (nSPS) is 14.6. The molecule has 2 unspecified atom stereocenters. The van der Waals surface area contributed by atoms with Crippen LogP contribution in [0.4, 0.5) is 8.78 Å². The van der Waals surface area contributed by atoms with E-state index in [0.717, 1.165) is 11.6 Å². The Bertz CT molecular complexity index is 1320. The number of rotatable bonds is 6. The summed E-state index contributed by atoms with van der Waals surface area (Å²) in [5.74, 6) is -1.47. The SMILES string of the molecule is Cc1ccc2c(=O)n(C(C)C(Cn3cncn3)(c3ccc(F)cc3F)C(C)C)cnc2c1. The van der Waals surface area contributed by atoms with Crippen LogP contribution in [0.1, 0.15) is 37.9 Å². The molecule has 2 aromatic heterocycles. The van der Waals surface area contributed by atoms with E-state index in [9.17, 15) is 9.18 Å². The highest BCUT2D eigenvalue weighted by molar-refractivity contribution is 5.77. The second-order valence-corrected chi connectivity index (χ2v) is 8.57. The molecule has 32 heavy (non-hydrogen) atoms. The van der Waals surface area contributed by atoms with Gasteiger partial charge < -0.3 is 0 Å². The number of aryl methyl sites for hydroxylation is 1. The Kier molecular flexibility index (Phi) is 5.62. The number of nitrogens with zero attached hydrogens (tertiary/aromatic N) is 5. The molecule has 0 fully saturated rings. The molecule has 0 spiro atoms. The van der Waals surface area contributed by atoms with Crippen molar-refractivity contribution in [2.45, 2.75) is 45.7 Å². The molecule has 0 aliphatic heterocycles. The minimum Gasteiger partial charge on any atom is -0.295 e. The molecule has 2 aromatic carbocycles. The van der Waals surface area contributed by atoms with Crippen molar-refractivity contribution < 1.29 is 8.78 Å². The van der Waals surface area contributed by atoms with Gasteiger partial charge in [-0.3, -0.25) is 14.0 Å². The van der Waals surface area contributed by atoms with Crippen LogP contribution in [-0.2, 0) is 12.0 Å². The van der Waals surface area contributed by atoms with Gasteiger partial charge in [-0.2, -0.15) is 5.10 Å². The van der Waals surface area contributed by atoms with Crippen molar-refractivity contribution in [2.75, 3.05) is 0 Å². The third kappa shape index (κ3) is 3.59. The lowest BCUT2D eigenvalue weighted by molar-refractivity contribution is 0.161. The predicted molar refractivity (Wildman–Crippen MR) is 118 cm³/mol. The molecule has 0 saturated heterocycles. The third-order valence-corrected chi connectivity index (χ3v) is 6.46. The lowest BCUT2D eigenvalue weighted by atomic mass is 9.66. The topological polar surface area (TPSA) is 65.6 Å². The predicted octanol–water partition coefficient (Wildman–Crippen LogP) is 4.43. The first-order valence-corrected chi connectivity index (χ1v) is 10.5. The molecule has 4 rings (SSSR count). The van der Waals surface area contributed by atoms with Crippen LogP contribution in [0.15, 0.2) is 60.2 Å². The summed E-state index contributed by atoms with van der Waals surface area (Å²) in [6.45, 7) is 7.96. The average Bonchev–Trinajstić information content (AvgIpc) is 3.25. The fourth-order valence-corrected chi connectivity index (χ4v) is 4.64. The highest BCUT2D eigenvalue weighted by Crippen LogP contribution is 2.44. The van der Waals surface area contributed by atoms with E-state index in [1.165, 1.54) is 29.4 Å². The van der Waals surface area contributed by atoms with Gasteiger partial charge in [-0.25, -0.2) is 18.7 Å². The summed E-state index contributed by atoms with van der Waals surface area (Å²) in [5.41, 5.74) is 0.764. The molecule has 0 saturated carbocycles. The van der Waals surface area contributed by atoms with Gasteiger partial charge in [0.1, 0.15) is 24.3 Å². The number of fused-ring (bicyclic) bond motifs is 1. The summed E-state index contributed by atoms with van der Waals surface area (Å²) >= 11 is 0. The molecular weight excluding hydrogens is 412 g/mol. The van der Waals surface area contributed by atoms with Gasteiger partial charge in [0.2, 0.25) is 0 Å². The Morgan fingerprint density at radius 3 is 2.50 bits per heavy atom. The van der Waals surface area contributed by atoms with Crippen LogP contribution < -0.4 is 5.56 Å². The van der Waals surface area contributed by atoms with Gasteiger partial charge in [-0.15, -0.1) is 0 Å². The minimum absolute atomic E-state index is 0.151. The smallest absolute Gasteiger partial charge is 0.261 e. The average molecular weight is 437 g/mol. The highest BCUT2D eigenvalue weighted by atomic mass is 19.1. The van der Waals surface area contributed by atoms with Gasteiger partial charge in [0.15, 0.2) is 0 Å². The van der Waals surface area contributed by atoms with Crippen LogP contribution in [0.5, 0.6) is 0 Å². The zero-order valence-corrected chi connectivity index (χ0v) is 18.5. The summed E-state index contributed by atoms with van der Waals surface area (Å²) in [5, 5.41) is 4.71. The van der Waals surface area contributed by atoms with Crippen molar-refractivity contribution in [3.8, 4) is 0 Å². The monoisotopic (exact) mass is 437 g/mol. The van der Waals surface area contributed by atoms with Crippen molar-refractivity contribution in [1.29, 1.82) is 0 Å². The van der Waals surface area contributed by atoms with Gasteiger partial charge in [0, 0.05) is 17.5 Å². The molecule has 0 bridgehead atoms. The standard InChI is InChI=1S/C24H25F2N5O/c1-15(2)24(11-30-13-27-12-29-30,20-8-6-18(25)10-21(20)26)17(4)31-14-28-22-9-16(3)5-7-19(22)23(31)32/h5-10,12-15,17H,11H2,1-4H3. The second kappa shape index (κ2) is 8.26. The van der Waals surface area contributed by atoms with Crippen molar-refractivity contribution in [1.82, 2.24) is 24.3 Å². The van der Waals surface area contributed by atoms with Crippen molar-refractivity contribution >= 4 is 10.9 Å². The molecule has 0 aliphatic carbocycles. The summed E-state index contributed by atoms with van der Waals surface area (Å²) in [7, 11) is 0. The van der Waals surface area contributed by atoms with E-state index in [0.29, 0.717) is 16.5 Å². The lowest BCUT2D eigenvalue weighted by Crippen LogP contribution is -2.47. The molecule has 6 nitrogen and oxygen atoms in total. The van der Waals surface area contributed by atoms with Crippen LogP contribution in [0.2, 0.25) is 0 Å². The molecule has 2 atom stereocenters. The zero-order valence-electron chi connectivity index (χ0n) is 18.5. The van der Waals surface area contributed by atoms with Gasteiger partial charge in [-0.05, 0) is 49.1 Å². The van der Waals surface area contributed by atoms with Gasteiger partial charge in [0.05, 0.1) is 23.8 Å². The van der Waals surface area contributed by atoms with Crippen molar-refractivity contribution in [3.05, 3.63) is 88.5 Å². The fraction of sp³-hybridized carbons (Fsp3) is 0.333. The van der Waals surface area contributed by atoms with Crippen molar-refractivity contribution in [3.63, 3.8) is 0 Å². The summed E-state index contributed by atoms with van der Waals surface area (Å²) in [6, 6.07) is 8.54. The lowest BCUT2D eigenvalue weighted by Gasteiger charge is -2.43. The summed E-state index contributed by atoms with van der Waals surface area (Å²) in [6.07, 6.45) is 4.47. The van der Waals surface area contributed by atoms with E-state index in [4.69, 9.17) is 0 Å².